The Bertz CT molecular complexity index is 1340. The lowest BCUT2D eigenvalue weighted by atomic mass is 10.2. The van der Waals surface area contributed by atoms with Gasteiger partial charge >= 0.3 is 5.69 Å². The van der Waals surface area contributed by atoms with Crippen molar-refractivity contribution in [1.29, 1.82) is 0 Å². The van der Waals surface area contributed by atoms with Crippen molar-refractivity contribution < 1.29 is 24.3 Å². The van der Waals surface area contributed by atoms with Crippen molar-refractivity contribution in [3.05, 3.63) is 107 Å². The molecule has 3 rings (SSSR count). The molecule has 0 aliphatic carbocycles. The summed E-state index contributed by atoms with van der Waals surface area (Å²) < 4.78 is 5.93. The molecule has 0 saturated heterocycles. The maximum absolute atomic E-state index is 12.1. The van der Waals surface area contributed by atoms with Crippen LogP contribution < -0.4 is 10.2 Å². The van der Waals surface area contributed by atoms with E-state index in [9.17, 15) is 35.1 Å². The summed E-state index contributed by atoms with van der Waals surface area (Å²) in [5.41, 5.74) is 1.57. The van der Waals surface area contributed by atoms with E-state index in [1.165, 1.54) is 30.5 Å². The van der Waals surface area contributed by atoms with Gasteiger partial charge in [0.25, 0.3) is 17.3 Å². The normalized spacial score (nSPS) is 10.6. The van der Waals surface area contributed by atoms with Crippen molar-refractivity contribution in [3.8, 4) is 11.5 Å². The fourth-order valence-electron chi connectivity index (χ4n) is 2.64. The van der Waals surface area contributed by atoms with Gasteiger partial charge in [0.2, 0.25) is 5.75 Å². The molecule has 1 amide bonds. The van der Waals surface area contributed by atoms with Crippen LogP contribution in [0.5, 0.6) is 11.5 Å². The largest absolute Gasteiger partial charge is 0.449 e. The monoisotopic (exact) mass is 529 g/mol. The number of nitrogens with one attached hydrogen (secondary N) is 1. The minimum Gasteiger partial charge on any atom is -0.449 e. The molecule has 0 aliphatic heterocycles. The number of non-ortho nitro benzene ring substituents is 2. The molecule has 3 aromatic carbocycles. The highest BCUT2D eigenvalue weighted by atomic mass is 79.9. The van der Waals surface area contributed by atoms with Crippen LogP contribution in [0.15, 0.2) is 70.2 Å². The molecule has 0 aliphatic rings. The summed E-state index contributed by atoms with van der Waals surface area (Å²) in [5, 5.41) is 36.7. The van der Waals surface area contributed by atoms with Crippen LogP contribution in [-0.4, -0.2) is 26.9 Å². The van der Waals surface area contributed by atoms with Crippen molar-refractivity contribution in [2.24, 2.45) is 5.10 Å². The molecule has 0 bridgehead atoms. The van der Waals surface area contributed by atoms with Gasteiger partial charge < -0.3 is 4.74 Å². The Labute approximate surface area is 198 Å². The number of benzene rings is 3. The number of nitro benzene ring substituents is 3. The second-order valence-corrected chi connectivity index (χ2v) is 7.32. The van der Waals surface area contributed by atoms with Gasteiger partial charge in [-0.05, 0) is 51.8 Å². The summed E-state index contributed by atoms with van der Waals surface area (Å²) >= 11 is 3.27. The van der Waals surface area contributed by atoms with Crippen LogP contribution in [0, 0.1) is 30.3 Å². The van der Waals surface area contributed by atoms with Crippen LogP contribution in [0.1, 0.15) is 15.9 Å². The molecule has 0 aromatic heterocycles. The van der Waals surface area contributed by atoms with Crippen LogP contribution in [-0.2, 0) is 0 Å². The van der Waals surface area contributed by atoms with E-state index in [0.717, 1.165) is 24.3 Å². The molecule has 0 atom stereocenters. The number of carbonyl (C=O) groups is 1. The highest BCUT2D eigenvalue weighted by Crippen LogP contribution is 2.37. The number of hydrogen-bond donors (Lipinski definition) is 1. The number of ether oxygens (including phenoxy) is 1. The highest BCUT2D eigenvalue weighted by molar-refractivity contribution is 9.10. The molecule has 0 saturated carbocycles. The number of nitrogens with zero attached hydrogens (tertiary/aromatic N) is 4. The van der Waals surface area contributed by atoms with Crippen molar-refractivity contribution in [1.82, 2.24) is 5.43 Å². The molecule has 0 heterocycles. The summed E-state index contributed by atoms with van der Waals surface area (Å²) in [5.74, 6) is -0.652. The zero-order valence-electron chi connectivity index (χ0n) is 16.8. The van der Waals surface area contributed by atoms with E-state index >= 15 is 0 Å². The summed E-state index contributed by atoms with van der Waals surface area (Å²) in [6.45, 7) is 0. The van der Waals surface area contributed by atoms with Crippen molar-refractivity contribution in [2.75, 3.05) is 0 Å². The molecule has 34 heavy (non-hydrogen) atoms. The van der Waals surface area contributed by atoms with E-state index in [2.05, 4.69) is 26.5 Å². The lowest BCUT2D eigenvalue weighted by molar-refractivity contribution is -0.394. The zero-order chi connectivity index (χ0) is 24.8. The summed E-state index contributed by atoms with van der Waals surface area (Å²) in [7, 11) is 0. The van der Waals surface area contributed by atoms with Crippen molar-refractivity contribution in [3.63, 3.8) is 0 Å². The van der Waals surface area contributed by atoms with Crippen LogP contribution in [0.2, 0.25) is 0 Å². The molecular weight excluding hydrogens is 518 g/mol. The third kappa shape index (κ3) is 5.74. The minimum absolute atomic E-state index is 0.0565. The van der Waals surface area contributed by atoms with Crippen LogP contribution in [0.25, 0.3) is 0 Å². The first-order valence-corrected chi connectivity index (χ1v) is 9.93. The SMILES string of the molecule is O=C(N/N=C\c1ccc(Oc2ccc([N+](=O)[O-])cc2[N+](=O)[O-])c(Br)c1)c1cccc([N+](=O)[O-])c1. The molecular formula is C20H12BrN5O8. The number of halogens is 1. The molecule has 14 heteroatoms. The molecule has 0 fully saturated rings. The van der Waals surface area contributed by atoms with Crippen molar-refractivity contribution >= 4 is 45.1 Å². The van der Waals surface area contributed by atoms with Crippen LogP contribution >= 0.6 is 15.9 Å². The van der Waals surface area contributed by atoms with E-state index in [-0.39, 0.29) is 22.7 Å². The number of hydrogen-bond acceptors (Lipinski definition) is 9. The Morgan fingerprint density at radius 3 is 2.21 bits per heavy atom. The standard InChI is InChI=1S/C20H12BrN5O8/c21-16-8-12(11-22-23-20(27)13-2-1-3-14(9-13)24(28)29)4-6-18(16)34-19-7-5-15(25(30)31)10-17(19)26(32)33/h1-11H,(H,23,27)/b22-11-. The fourth-order valence-corrected chi connectivity index (χ4v) is 3.12. The minimum atomic E-state index is -0.790. The maximum Gasteiger partial charge on any atom is 0.318 e. The molecule has 0 spiro atoms. The predicted molar refractivity (Wildman–Crippen MR) is 122 cm³/mol. The first kappa shape index (κ1) is 23.9. The zero-order valence-corrected chi connectivity index (χ0v) is 18.4. The fraction of sp³-hybridized carbons (Fsp3) is 0. The molecule has 0 radical (unpaired) electrons. The number of amides is 1. The van der Waals surface area contributed by atoms with Gasteiger partial charge in [0.15, 0.2) is 0 Å². The second-order valence-electron chi connectivity index (χ2n) is 6.46. The van der Waals surface area contributed by atoms with Crippen LogP contribution in [0.4, 0.5) is 17.1 Å². The molecule has 1 N–H and O–H groups in total. The van der Waals surface area contributed by atoms with E-state index in [1.807, 2.05) is 0 Å². The summed E-state index contributed by atoms with van der Waals surface area (Å²) in [6.07, 6.45) is 1.30. The topological polar surface area (TPSA) is 180 Å². The average Bonchev–Trinajstić information content (AvgIpc) is 2.80. The molecule has 0 unspecified atom stereocenters. The van der Waals surface area contributed by atoms with Gasteiger partial charge in [-0.3, -0.25) is 35.1 Å². The Morgan fingerprint density at radius 1 is 0.882 bits per heavy atom. The third-order valence-corrected chi connectivity index (χ3v) is 4.84. The Morgan fingerprint density at radius 2 is 1.56 bits per heavy atom. The number of hydrazone groups is 1. The predicted octanol–water partition coefficient (Wildman–Crippen LogP) is 4.73. The van der Waals surface area contributed by atoms with E-state index in [1.54, 1.807) is 12.1 Å². The molecule has 3 aromatic rings. The average molecular weight is 530 g/mol. The van der Waals surface area contributed by atoms with E-state index in [4.69, 9.17) is 4.74 Å². The van der Waals surface area contributed by atoms with Crippen molar-refractivity contribution in [2.45, 2.75) is 0 Å². The maximum atomic E-state index is 12.1. The van der Waals surface area contributed by atoms with Gasteiger partial charge in [0.1, 0.15) is 5.75 Å². The Balaban J connectivity index is 1.72. The highest BCUT2D eigenvalue weighted by Gasteiger charge is 2.21. The van der Waals surface area contributed by atoms with E-state index < -0.39 is 32.1 Å². The molecule has 172 valence electrons. The van der Waals surface area contributed by atoms with E-state index in [0.29, 0.717) is 10.0 Å². The van der Waals surface area contributed by atoms with Gasteiger partial charge in [0, 0.05) is 23.8 Å². The number of nitro groups is 3. The lowest BCUT2D eigenvalue weighted by Crippen LogP contribution is -2.17. The molecule has 13 nitrogen and oxygen atoms in total. The summed E-state index contributed by atoms with van der Waals surface area (Å²) in [4.78, 5) is 42.9. The Hall–Kier alpha value is -4.72. The first-order chi connectivity index (χ1) is 16.2. The summed E-state index contributed by atoms with van der Waals surface area (Å²) in [6, 6.07) is 12.7. The lowest BCUT2D eigenvalue weighted by Gasteiger charge is -2.08. The smallest absolute Gasteiger partial charge is 0.318 e. The van der Waals surface area contributed by atoms with Gasteiger partial charge in [-0.15, -0.1) is 0 Å². The first-order valence-electron chi connectivity index (χ1n) is 9.14. The quantitative estimate of drug-likeness (QED) is 0.246. The Kier molecular flexibility index (Phi) is 7.23. The number of rotatable bonds is 8. The third-order valence-electron chi connectivity index (χ3n) is 4.22. The van der Waals surface area contributed by atoms with Crippen LogP contribution in [0.3, 0.4) is 0 Å². The second kappa shape index (κ2) is 10.3. The van der Waals surface area contributed by atoms with Gasteiger partial charge in [-0.1, -0.05) is 6.07 Å². The number of carbonyl (C=O) groups excluding carboxylic acids is 1. The van der Waals surface area contributed by atoms with Gasteiger partial charge in [0.05, 0.1) is 31.5 Å². The van der Waals surface area contributed by atoms with Gasteiger partial charge in [-0.2, -0.15) is 5.10 Å². The van der Waals surface area contributed by atoms with Gasteiger partial charge in [-0.25, -0.2) is 5.43 Å².